The molecule has 102 valence electrons. The number of pyridine rings is 1. The molecule has 0 unspecified atom stereocenters. The molecule has 1 aliphatic rings. The lowest BCUT2D eigenvalue weighted by Crippen LogP contribution is -2.17. The van der Waals surface area contributed by atoms with Gasteiger partial charge in [0.2, 0.25) is 0 Å². The molecule has 1 saturated carbocycles. The van der Waals surface area contributed by atoms with E-state index in [0.29, 0.717) is 18.3 Å². The first-order valence-electron chi connectivity index (χ1n) is 6.91. The van der Waals surface area contributed by atoms with Crippen LogP contribution in [-0.2, 0) is 4.79 Å². The average Bonchev–Trinajstić information content (AvgIpc) is 2.38. The standard InChI is InChI=1S/C16H21NO2/c1-3-14-11(2)17-9-8-15(14)13-6-4-12(5-7-13)10-16(18)19/h3,8-9,12-13H,1,4-7,10H2,2H3,(H,18,19). The van der Waals surface area contributed by atoms with E-state index in [1.807, 2.05) is 19.2 Å². The first kappa shape index (κ1) is 13.8. The summed E-state index contributed by atoms with van der Waals surface area (Å²) in [6.45, 7) is 5.89. The number of aliphatic carboxylic acids is 1. The van der Waals surface area contributed by atoms with Gasteiger partial charge in [0.25, 0.3) is 0 Å². The summed E-state index contributed by atoms with van der Waals surface area (Å²) >= 11 is 0. The molecule has 2 rings (SSSR count). The maximum atomic E-state index is 10.7. The highest BCUT2D eigenvalue weighted by Gasteiger charge is 2.25. The van der Waals surface area contributed by atoms with Gasteiger partial charge in [-0.2, -0.15) is 0 Å². The molecule has 0 amide bonds. The topological polar surface area (TPSA) is 50.2 Å². The maximum absolute atomic E-state index is 10.7. The van der Waals surface area contributed by atoms with Gasteiger partial charge in [0.05, 0.1) is 0 Å². The molecule has 1 heterocycles. The maximum Gasteiger partial charge on any atom is 0.303 e. The second-order valence-corrected chi connectivity index (χ2v) is 5.42. The van der Waals surface area contributed by atoms with Crippen LogP contribution in [-0.4, -0.2) is 16.1 Å². The van der Waals surface area contributed by atoms with Gasteiger partial charge in [0.1, 0.15) is 0 Å². The Labute approximate surface area is 114 Å². The van der Waals surface area contributed by atoms with E-state index in [1.165, 1.54) is 5.56 Å². The second-order valence-electron chi connectivity index (χ2n) is 5.42. The van der Waals surface area contributed by atoms with Crippen molar-refractivity contribution in [1.29, 1.82) is 0 Å². The summed E-state index contributed by atoms with van der Waals surface area (Å²) in [5.74, 6) is 0.207. The van der Waals surface area contributed by atoms with E-state index >= 15 is 0 Å². The minimum absolute atomic E-state index is 0.316. The van der Waals surface area contributed by atoms with Gasteiger partial charge in [-0.25, -0.2) is 0 Å². The Balaban J connectivity index is 2.07. The minimum atomic E-state index is -0.671. The zero-order chi connectivity index (χ0) is 13.8. The lowest BCUT2D eigenvalue weighted by molar-refractivity contribution is -0.138. The number of carbonyl (C=O) groups is 1. The normalized spacial score (nSPS) is 23.0. The van der Waals surface area contributed by atoms with Crippen LogP contribution in [0.3, 0.4) is 0 Å². The van der Waals surface area contributed by atoms with E-state index < -0.39 is 5.97 Å². The molecule has 19 heavy (non-hydrogen) atoms. The molecular formula is C16H21NO2. The number of hydrogen-bond donors (Lipinski definition) is 1. The van der Waals surface area contributed by atoms with Gasteiger partial charge in [-0.1, -0.05) is 12.7 Å². The largest absolute Gasteiger partial charge is 0.481 e. The Morgan fingerprint density at radius 2 is 2.16 bits per heavy atom. The smallest absolute Gasteiger partial charge is 0.303 e. The number of carboxylic acids is 1. The summed E-state index contributed by atoms with van der Waals surface area (Å²) in [5.41, 5.74) is 3.51. The van der Waals surface area contributed by atoms with Crippen molar-refractivity contribution in [2.24, 2.45) is 5.92 Å². The predicted octanol–water partition coefficient (Wildman–Crippen LogP) is 3.78. The van der Waals surface area contributed by atoms with E-state index in [-0.39, 0.29) is 0 Å². The third kappa shape index (κ3) is 3.22. The molecule has 1 aliphatic carbocycles. The molecule has 0 radical (unpaired) electrons. The van der Waals surface area contributed by atoms with Crippen LogP contribution in [0.5, 0.6) is 0 Å². The molecule has 1 aromatic rings. The van der Waals surface area contributed by atoms with Crippen LogP contribution in [0.4, 0.5) is 0 Å². The van der Waals surface area contributed by atoms with Crippen molar-refractivity contribution in [1.82, 2.24) is 4.98 Å². The SMILES string of the molecule is C=Cc1c(C2CCC(CC(=O)O)CC2)ccnc1C. The lowest BCUT2D eigenvalue weighted by atomic mass is 9.76. The van der Waals surface area contributed by atoms with Crippen LogP contribution in [0.25, 0.3) is 6.08 Å². The Morgan fingerprint density at radius 3 is 2.74 bits per heavy atom. The Bertz CT molecular complexity index is 474. The van der Waals surface area contributed by atoms with Crippen molar-refractivity contribution in [3.63, 3.8) is 0 Å². The van der Waals surface area contributed by atoms with Crippen molar-refractivity contribution in [2.45, 2.75) is 44.9 Å². The summed E-state index contributed by atoms with van der Waals surface area (Å²) in [5, 5.41) is 8.85. The molecule has 3 heteroatoms. The zero-order valence-electron chi connectivity index (χ0n) is 11.4. The van der Waals surface area contributed by atoms with E-state index in [0.717, 1.165) is 36.9 Å². The van der Waals surface area contributed by atoms with E-state index in [9.17, 15) is 4.79 Å². The highest BCUT2D eigenvalue weighted by Crippen LogP contribution is 2.38. The molecule has 0 aromatic carbocycles. The van der Waals surface area contributed by atoms with Gasteiger partial charge >= 0.3 is 5.97 Å². The third-order valence-electron chi connectivity index (χ3n) is 4.18. The molecule has 1 N–H and O–H groups in total. The van der Waals surface area contributed by atoms with Crippen LogP contribution in [0.2, 0.25) is 0 Å². The molecule has 1 aromatic heterocycles. The Hall–Kier alpha value is -1.64. The summed E-state index contributed by atoms with van der Waals surface area (Å²) < 4.78 is 0. The molecule has 0 bridgehead atoms. The van der Waals surface area contributed by atoms with Crippen molar-refractivity contribution in [3.8, 4) is 0 Å². The summed E-state index contributed by atoms with van der Waals surface area (Å²) in [6, 6.07) is 2.09. The first-order chi connectivity index (χ1) is 9.11. The molecular weight excluding hydrogens is 238 g/mol. The number of rotatable bonds is 4. The second kappa shape index (κ2) is 6.00. The number of carboxylic acid groups (broad SMARTS) is 1. The van der Waals surface area contributed by atoms with E-state index in [1.54, 1.807) is 0 Å². The van der Waals surface area contributed by atoms with Crippen LogP contribution in [0, 0.1) is 12.8 Å². The quantitative estimate of drug-likeness (QED) is 0.895. The average molecular weight is 259 g/mol. The van der Waals surface area contributed by atoms with Crippen LogP contribution < -0.4 is 0 Å². The van der Waals surface area contributed by atoms with Crippen LogP contribution >= 0.6 is 0 Å². The molecule has 0 spiro atoms. The highest BCUT2D eigenvalue weighted by atomic mass is 16.4. The minimum Gasteiger partial charge on any atom is -0.481 e. The number of hydrogen-bond acceptors (Lipinski definition) is 2. The van der Waals surface area contributed by atoms with Crippen molar-refractivity contribution < 1.29 is 9.90 Å². The van der Waals surface area contributed by atoms with E-state index in [4.69, 9.17) is 5.11 Å². The number of aryl methyl sites for hydroxylation is 1. The van der Waals surface area contributed by atoms with Crippen LogP contribution in [0.1, 0.15) is 54.8 Å². The van der Waals surface area contributed by atoms with Gasteiger partial charge in [0, 0.05) is 18.3 Å². The summed E-state index contributed by atoms with van der Waals surface area (Å²) in [4.78, 5) is 15.1. The number of aromatic nitrogens is 1. The van der Waals surface area contributed by atoms with Gasteiger partial charge in [-0.15, -0.1) is 0 Å². The predicted molar refractivity (Wildman–Crippen MR) is 76.0 cm³/mol. The fourth-order valence-corrected chi connectivity index (χ4v) is 3.14. The van der Waals surface area contributed by atoms with Gasteiger partial charge in [-0.05, 0) is 61.6 Å². The lowest BCUT2D eigenvalue weighted by Gasteiger charge is -2.29. The van der Waals surface area contributed by atoms with Crippen molar-refractivity contribution in [3.05, 3.63) is 35.7 Å². The Kier molecular flexibility index (Phi) is 4.35. The summed E-state index contributed by atoms with van der Waals surface area (Å²) in [6.07, 6.45) is 8.23. The molecule has 3 nitrogen and oxygen atoms in total. The third-order valence-corrected chi connectivity index (χ3v) is 4.18. The van der Waals surface area contributed by atoms with Crippen molar-refractivity contribution in [2.75, 3.05) is 0 Å². The fourth-order valence-electron chi connectivity index (χ4n) is 3.14. The number of nitrogens with zero attached hydrogens (tertiary/aromatic N) is 1. The monoisotopic (exact) mass is 259 g/mol. The Morgan fingerprint density at radius 1 is 1.47 bits per heavy atom. The van der Waals surface area contributed by atoms with Crippen LogP contribution in [0.15, 0.2) is 18.8 Å². The molecule has 0 atom stereocenters. The summed E-state index contributed by atoms with van der Waals surface area (Å²) in [7, 11) is 0. The molecule has 0 saturated heterocycles. The molecule has 1 fully saturated rings. The van der Waals surface area contributed by atoms with Gasteiger partial charge in [-0.3, -0.25) is 9.78 Å². The molecule has 0 aliphatic heterocycles. The van der Waals surface area contributed by atoms with Gasteiger partial charge in [0.15, 0.2) is 0 Å². The highest BCUT2D eigenvalue weighted by molar-refractivity contribution is 5.67. The fraction of sp³-hybridized carbons (Fsp3) is 0.500. The van der Waals surface area contributed by atoms with Gasteiger partial charge < -0.3 is 5.11 Å². The van der Waals surface area contributed by atoms with E-state index in [2.05, 4.69) is 17.6 Å². The van der Waals surface area contributed by atoms with Crippen molar-refractivity contribution >= 4 is 12.0 Å². The zero-order valence-corrected chi connectivity index (χ0v) is 11.4. The first-order valence-corrected chi connectivity index (χ1v) is 6.91.